The highest BCUT2D eigenvalue weighted by Crippen LogP contribution is 2.66. The van der Waals surface area contributed by atoms with Gasteiger partial charge in [-0.15, -0.1) is 0 Å². The van der Waals surface area contributed by atoms with Crippen LogP contribution in [0.5, 0.6) is 5.75 Å². The summed E-state index contributed by atoms with van der Waals surface area (Å²) < 4.78 is 40.2. The number of aromatic nitrogens is 3. The lowest BCUT2D eigenvalue weighted by atomic mass is 9.85. The van der Waals surface area contributed by atoms with Crippen LogP contribution in [0.4, 0.5) is 20.3 Å². The Morgan fingerprint density at radius 2 is 2.03 bits per heavy atom. The molecule has 33 heavy (non-hydrogen) atoms. The van der Waals surface area contributed by atoms with Crippen LogP contribution in [-0.2, 0) is 10.3 Å². The summed E-state index contributed by atoms with van der Waals surface area (Å²) in [7, 11) is 3.15. The van der Waals surface area contributed by atoms with Crippen molar-refractivity contribution in [2.45, 2.75) is 23.6 Å². The Hall–Kier alpha value is -3.05. The molecule has 2 aromatic heterocycles. The molecule has 1 fully saturated rings. The largest absolute Gasteiger partial charge is 0.495 e. The van der Waals surface area contributed by atoms with Gasteiger partial charge in [-0.2, -0.15) is 0 Å². The zero-order chi connectivity index (χ0) is 23.4. The Morgan fingerprint density at radius 1 is 1.21 bits per heavy atom. The highest BCUT2D eigenvalue weighted by molar-refractivity contribution is 8.15. The van der Waals surface area contributed by atoms with E-state index in [0.717, 1.165) is 12.5 Å². The molecule has 0 amide bonds. The van der Waals surface area contributed by atoms with Crippen molar-refractivity contribution in [3.63, 3.8) is 0 Å². The fourth-order valence-corrected chi connectivity index (χ4v) is 6.07. The van der Waals surface area contributed by atoms with E-state index in [4.69, 9.17) is 15.2 Å². The standard InChI is InChI=1S/C22H22F2N6O2S/c1-21(16-7-22(16,9-31-2)33-20(25)30-21)13-4-11(5-14(23)17(13)24)29-19-18-15(27-10-28-19)6-12(32-3)8-26-18/h4-6,8,10,16H,7,9H2,1-3H3,(H2,25,30)(H,27,28,29)/t16-,21+,22+/m0/s1. The van der Waals surface area contributed by atoms with E-state index >= 15 is 4.39 Å². The molecule has 1 aliphatic carbocycles. The number of nitrogens with two attached hydrogens (primary N) is 1. The van der Waals surface area contributed by atoms with Gasteiger partial charge in [0.1, 0.15) is 17.6 Å². The lowest BCUT2D eigenvalue weighted by Gasteiger charge is -2.34. The molecule has 0 unspecified atom stereocenters. The second-order valence-corrected chi connectivity index (χ2v) is 9.80. The molecule has 0 spiro atoms. The summed E-state index contributed by atoms with van der Waals surface area (Å²) in [6.07, 6.45) is 3.64. The molecule has 2 aliphatic rings. The predicted octanol–water partition coefficient (Wildman–Crippen LogP) is 3.74. The molecule has 0 saturated heterocycles. The van der Waals surface area contributed by atoms with Crippen molar-refractivity contribution in [2.75, 3.05) is 26.1 Å². The number of aliphatic imine (C=N–C) groups is 1. The molecule has 0 bridgehead atoms. The second-order valence-electron chi connectivity index (χ2n) is 8.36. The van der Waals surface area contributed by atoms with Gasteiger partial charge in [-0.25, -0.2) is 23.7 Å². The van der Waals surface area contributed by atoms with E-state index in [1.54, 1.807) is 26.2 Å². The van der Waals surface area contributed by atoms with Gasteiger partial charge in [-0.05, 0) is 19.4 Å². The molecule has 3 aromatic rings. The van der Waals surface area contributed by atoms with Gasteiger partial charge in [0.15, 0.2) is 22.6 Å². The molecule has 3 N–H and O–H groups in total. The van der Waals surface area contributed by atoms with Crippen molar-refractivity contribution in [2.24, 2.45) is 16.6 Å². The second kappa shape index (κ2) is 7.77. The Bertz CT molecular complexity index is 1290. The summed E-state index contributed by atoms with van der Waals surface area (Å²) >= 11 is 1.44. The quantitative estimate of drug-likeness (QED) is 0.559. The van der Waals surface area contributed by atoms with Gasteiger partial charge in [0.05, 0.1) is 35.7 Å². The van der Waals surface area contributed by atoms with Gasteiger partial charge in [0, 0.05) is 36.4 Å². The summed E-state index contributed by atoms with van der Waals surface area (Å²) in [5, 5.41) is 3.39. The number of methoxy groups -OCH3 is 2. The van der Waals surface area contributed by atoms with Crippen molar-refractivity contribution in [3.05, 3.63) is 47.9 Å². The number of thioether (sulfide) groups is 1. The number of anilines is 2. The van der Waals surface area contributed by atoms with Crippen LogP contribution in [0.25, 0.3) is 11.0 Å². The van der Waals surface area contributed by atoms with Crippen molar-refractivity contribution in [3.8, 4) is 5.75 Å². The number of nitrogens with one attached hydrogen (secondary N) is 1. The van der Waals surface area contributed by atoms with Gasteiger partial charge in [-0.1, -0.05) is 11.8 Å². The third-order valence-electron chi connectivity index (χ3n) is 6.26. The molecule has 1 aromatic carbocycles. The minimum Gasteiger partial charge on any atom is -0.495 e. The first-order valence-electron chi connectivity index (χ1n) is 10.2. The summed E-state index contributed by atoms with van der Waals surface area (Å²) in [6.45, 7) is 2.25. The number of pyridine rings is 1. The molecule has 0 radical (unpaired) electrons. The van der Waals surface area contributed by atoms with E-state index < -0.39 is 17.2 Å². The molecule has 3 heterocycles. The van der Waals surface area contributed by atoms with Crippen LogP contribution >= 0.6 is 11.8 Å². The zero-order valence-electron chi connectivity index (χ0n) is 18.2. The van der Waals surface area contributed by atoms with Crippen LogP contribution in [0.15, 0.2) is 35.7 Å². The zero-order valence-corrected chi connectivity index (χ0v) is 19.0. The maximum atomic E-state index is 15.1. The number of benzene rings is 1. The van der Waals surface area contributed by atoms with Crippen molar-refractivity contribution in [1.82, 2.24) is 15.0 Å². The molecular formula is C22H22F2N6O2S. The lowest BCUT2D eigenvalue weighted by molar-refractivity contribution is 0.184. The smallest absolute Gasteiger partial charge is 0.164 e. The average molecular weight is 473 g/mol. The minimum absolute atomic E-state index is 0.0413. The maximum absolute atomic E-state index is 15.1. The number of fused-ring (bicyclic) bond motifs is 2. The summed E-state index contributed by atoms with van der Waals surface area (Å²) in [4.78, 5) is 17.3. The van der Waals surface area contributed by atoms with Gasteiger partial charge in [0.2, 0.25) is 0 Å². The van der Waals surface area contributed by atoms with Crippen LogP contribution in [0.2, 0.25) is 0 Å². The number of ether oxygens (including phenoxy) is 2. The normalized spacial score (nSPS) is 26.0. The Balaban J connectivity index is 1.56. The predicted molar refractivity (Wildman–Crippen MR) is 123 cm³/mol. The lowest BCUT2D eigenvalue weighted by Crippen LogP contribution is -2.37. The van der Waals surface area contributed by atoms with Crippen LogP contribution < -0.4 is 15.8 Å². The minimum atomic E-state index is -1.03. The van der Waals surface area contributed by atoms with Gasteiger partial charge < -0.3 is 20.5 Å². The molecule has 11 heteroatoms. The first-order chi connectivity index (χ1) is 15.8. The molecular weight excluding hydrogens is 450 g/mol. The fraction of sp³-hybridized carbons (Fsp3) is 0.364. The van der Waals surface area contributed by atoms with Crippen LogP contribution in [0, 0.1) is 17.6 Å². The SMILES string of the molecule is COC[C@]12C[C@H]1[C@@](C)(c1cc(Nc3ncnc4cc(OC)cnc34)cc(F)c1F)N=C(N)S2. The number of halogens is 2. The van der Waals surface area contributed by atoms with E-state index in [-0.39, 0.29) is 16.2 Å². The van der Waals surface area contributed by atoms with Crippen LogP contribution in [0.1, 0.15) is 18.9 Å². The number of amidine groups is 1. The fourth-order valence-electron chi connectivity index (χ4n) is 4.62. The Labute approximate surface area is 193 Å². The van der Waals surface area contributed by atoms with E-state index in [1.807, 2.05) is 0 Å². The van der Waals surface area contributed by atoms with Gasteiger partial charge >= 0.3 is 0 Å². The van der Waals surface area contributed by atoms with Crippen molar-refractivity contribution >= 4 is 39.5 Å². The number of hydrogen-bond donors (Lipinski definition) is 2. The van der Waals surface area contributed by atoms with Crippen molar-refractivity contribution in [1.29, 1.82) is 0 Å². The third-order valence-corrected chi connectivity index (χ3v) is 7.54. The van der Waals surface area contributed by atoms with E-state index in [2.05, 4.69) is 25.3 Å². The topological polar surface area (TPSA) is 108 Å². The number of nitrogens with zero attached hydrogens (tertiary/aromatic N) is 4. The Morgan fingerprint density at radius 3 is 2.79 bits per heavy atom. The third kappa shape index (κ3) is 3.55. The molecule has 5 rings (SSSR count). The summed E-state index contributed by atoms with van der Waals surface area (Å²) in [5.41, 5.74) is 6.53. The van der Waals surface area contributed by atoms with E-state index in [0.29, 0.717) is 40.1 Å². The number of hydrogen-bond acceptors (Lipinski definition) is 9. The maximum Gasteiger partial charge on any atom is 0.164 e. The highest BCUT2D eigenvalue weighted by atomic mass is 32.2. The number of rotatable bonds is 6. The van der Waals surface area contributed by atoms with E-state index in [9.17, 15) is 4.39 Å². The Kier molecular flexibility index (Phi) is 5.13. The summed E-state index contributed by atoms with van der Waals surface area (Å²) in [6, 6.07) is 4.35. The van der Waals surface area contributed by atoms with Crippen LogP contribution in [-0.4, -0.2) is 45.7 Å². The molecule has 172 valence electrons. The molecule has 1 aliphatic heterocycles. The molecule has 1 saturated carbocycles. The van der Waals surface area contributed by atoms with Crippen LogP contribution in [0.3, 0.4) is 0 Å². The highest BCUT2D eigenvalue weighted by Gasteiger charge is 2.66. The first-order valence-corrected chi connectivity index (χ1v) is 11.1. The van der Waals surface area contributed by atoms with E-state index in [1.165, 1.54) is 31.4 Å². The molecule has 3 atom stereocenters. The van der Waals surface area contributed by atoms with Gasteiger partial charge in [0.25, 0.3) is 0 Å². The molecule has 8 nitrogen and oxygen atoms in total. The average Bonchev–Trinajstić information content (AvgIpc) is 3.50. The monoisotopic (exact) mass is 472 g/mol. The summed E-state index contributed by atoms with van der Waals surface area (Å²) in [5.74, 6) is -1.08. The van der Waals surface area contributed by atoms with Gasteiger partial charge in [-0.3, -0.25) is 4.99 Å². The first kappa shape index (κ1) is 21.8. The van der Waals surface area contributed by atoms with Crippen molar-refractivity contribution < 1.29 is 18.3 Å².